The first-order chi connectivity index (χ1) is 17.3. The molecule has 0 amide bonds. The van der Waals surface area contributed by atoms with Crippen LogP contribution in [0.15, 0.2) is 130 Å². The van der Waals surface area contributed by atoms with Gasteiger partial charge in [0.1, 0.15) is 0 Å². The van der Waals surface area contributed by atoms with Crippen molar-refractivity contribution in [2.45, 2.75) is 10.0 Å². The van der Waals surface area contributed by atoms with E-state index in [2.05, 4.69) is 121 Å². The Kier molecular flexibility index (Phi) is 9.33. The van der Waals surface area contributed by atoms with Gasteiger partial charge in [0.25, 0.3) is 0 Å². The standard InChI is InChI=1S/C13H9.C13H10.C7H9O.2ClH.Zr/c1-3-7-12-10(5-1)9-11-6-2-4-8-13(11)12;1-3-7-12(8-4-1)11-13-9-5-2-6-10-13;1-8-6-7-4-2-3-5-7;;;/h1-9H;1-10H;4-5H,2,6H2,1H3;2*1H;/q;;;;;+2/p-2. The zero-order valence-electron chi connectivity index (χ0n) is 20.7. The van der Waals surface area contributed by atoms with Gasteiger partial charge in [-0.05, 0) is 0 Å². The van der Waals surface area contributed by atoms with Crippen LogP contribution >= 0.6 is 0 Å². The minimum atomic E-state index is -2.60. The molecular weight excluding hydrogens is 574 g/mol. The van der Waals surface area contributed by atoms with Gasteiger partial charge in [-0.2, -0.15) is 0 Å². The van der Waals surface area contributed by atoms with Gasteiger partial charge in [0.2, 0.25) is 0 Å². The molecule has 184 valence electrons. The van der Waals surface area contributed by atoms with Crippen LogP contribution < -0.4 is 24.8 Å². The van der Waals surface area contributed by atoms with Crippen LogP contribution in [0, 0.1) is 0 Å². The van der Waals surface area contributed by atoms with E-state index in [1.54, 1.807) is 13.6 Å². The molecule has 0 saturated carbocycles. The molecule has 0 atom stereocenters. The van der Waals surface area contributed by atoms with Crippen LogP contribution in [0.4, 0.5) is 0 Å². The third-order valence-corrected chi connectivity index (χ3v) is 15.4. The zero-order valence-corrected chi connectivity index (χ0v) is 24.7. The summed E-state index contributed by atoms with van der Waals surface area (Å²) in [7, 11) is 1.79. The van der Waals surface area contributed by atoms with Gasteiger partial charge in [-0.1, -0.05) is 0 Å². The fourth-order valence-electron chi connectivity index (χ4n) is 5.68. The molecule has 0 aliphatic heterocycles. The second kappa shape index (κ2) is 12.5. The Morgan fingerprint density at radius 1 is 0.703 bits per heavy atom. The van der Waals surface area contributed by atoms with Gasteiger partial charge < -0.3 is 24.8 Å². The molecule has 0 bridgehead atoms. The third-order valence-electron chi connectivity index (χ3n) is 7.12. The molecule has 0 radical (unpaired) electrons. The molecule has 37 heavy (non-hydrogen) atoms. The molecule has 0 saturated heterocycles. The van der Waals surface area contributed by atoms with Crippen molar-refractivity contribution in [1.29, 1.82) is 0 Å². The van der Waals surface area contributed by atoms with Crippen molar-refractivity contribution in [3.63, 3.8) is 0 Å². The Balaban J connectivity index is 0.00000160. The predicted octanol–water partition coefficient (Wildman–Crippen LogP) is 1.51. The van der Waals surface area contributed by atoms with Crippen molar-refractivity contribution in [2.24, 2.45) is 0 Å². The Bertz CT molecular complexity index is 1390. The molecule has 2 aliphatic carbocycles. The molecule has 0 unspecified atom stereocenters. The maximum absolute atomic E-state index is 5.52. The summed E-state index contributed by atoms with van der Waals surface area (Å²) in [4.78, 5) is 0. The van der Waals surface area contributed by atoms with E-state index in [1.807, 2.05) is 0 Å². The average Bonchev–Trinajstić information content (AvgIpc) is 3.51. The Labute approximate surface area is 239 Å². The number of allylic oxidation sites excluding steroid dienone is 2. The summed E-state index contributed by atoms with van der Waals surface area (Å²) < 4.78 is 9.21. The Morgan fingerprint density at radius 2 is 1.19 bits per heavy atom. The zero-order chi connectivity index (χ0) is 23.6. The van der Waals surface area contributed by atoms with Crippen LogP contribution in [0.25, 0.3) is 11.1 Å². The van der Waals surface area contributed by atoms with Gasteiger partial charge >= 0.3 is 217 Å². The molecule has 1 nitrogen and oxygen atoms in total. The van der Waals surface area contributed by atoms with Crippen molar-refractivity contribution in [1.82, 2.24) is 0 Å². The predicted molar refractivity (Wildman–Crippen MR) is 142 cm³/mol. The van der Waals surface area contributed by atoms with E-state index < -0.39 is 21.3 Å². The number of fused-ring (bicyclic) bond motifs is 3. The van der Waals surface area contributed by atoms with E-state index in [-0.39, 0.29) is 24.8 Å². The largest absolute Gasteiger partial charge is 1.00 e. The van der Waals surface area contributed by atoms with Crippen LogP contribution in [0.2, 0.25) is 0 Å². The maximum atomic E-state index is 5.52. The van der Waals surface area contributed by atoms with E-state index in [1.165, 1.54) is 39.0 Å². The molecular formula is C33H28Cl2OZr. The monoisotopic (exact) mass is 600 g/mol. The van der Waals surface area contributed by atoms with Crippen LogP contribution in [0.3, 0.4) is 0 Å². The number of rotatable bonds is 6. The molecule has 0 aromatic heterocycles. The summed E-state index contributed by atoms with van der Waals surface area (Å²) >= 11 is -2.60. The van der Waals surface area contributed by atoms with Gasteiger partial charge in [0.15, 0.2) is 0 Å². The fourth-order valence-corrected chi connectivity index (χ4v) is 14.8. The molecule has 4 aromatic rings. The molecule has 2 aliphatic rings. The maximum Gasteiger partial charge on any atom is -1.00 e. The number of ether oxygens (including phenoxy) is 1. The molecule has 6 rings (SSSR count). The van der Waals surface area contributed by atoms with Gasteiger partial charge in [-0.15, -0.1) is 0 Å². The summed E-state index contributed by atoms with van der Waals surface area (Å²) in [6.45, 7) is 0.684. The summed E-state index contributed by atoms with van der Waals surface area (Å²) in [5, 5.41) is 0. The topological polar surface area (TPSA) is 9.23 Å². The quantitative estimate of drug-likeness (QED) is 0.326. The minimum absolute atomic E-state index is 0. The van der Waals surface area contributed by atoms with Gasteiger partial charge in [0.05, 0.1) is 0 Å². The fraction of sp³-hybridized carbons (Fsp3) is 0.121. The van der Waals surface area contributed by atoms with Crippen LogP contribution in [0.5, 0.6) is 0 Å². The van der Waals surface area contributed by atoms with Crippen LogP contribution in [-0.2, 0) is 26.0 Å². The van der Waals surface area contributed by atoms with Crippen LogP contribution in [0.1, 0.15) is 32.3 Å². The molecule has 0 N–H and O–H groups in total. The molecule has 4 heteroatoms. The molecule has 0 fully saturated rings. The number of benzene rings is 4. The second-order valence-corrected chi connectivity index (χ2v) is 15.5. The third kappa shape index (κ3) is 5.31. The number of hydrogen-bond donors (Lipinski definition) is 0. The first kappa shape index (κ1) is 27.7. The van der Waals surface area contributed by atoms with E-state index >= 15 is 0 Å². The smallest absolute Gasteiger partial charge is 1.00 e. The normalized spacial score (nSPS) is 13.2. The second-order valence-electron chi connectivity index (χ2n) is 9.21. The van der Waals surface area contributed by atoms with Crippen molar-refractivity contribution < 1.29 is 50.8 Å². The van der Waals surface area contributed by atoms with Gasteiger partial charge in [-0.3, -0.25) is 0 Å². The number of hydrogen-bond acceptors (Lipinski definition) is 1. The molecule has 4 aromatic carbocycles. The summed E-state index contributed by atoms with van der Waals surface area (Å²) in [6, 6.07) is 40.5. The van der Waals surface area contributed by atoms with Crippen molar-refractivity contribution in [2.75, 3.05) is 13.7 Å². The molecule has 0 spiro atoms. The Hall–Kier alpha value is -2.35. The van der Waals surface area contributed by atoms with Gasteiger partial charge in [-0.25, -0.2) is 0 Å². The van der Waals surface area contributed by atoms with E-state index in [9.17, 15) is 0 Å². The first-order valence-electron chi connectivity index (χ1n) is 12.3. The van der Waals surface area contributed by atoms with E-state index in [0.717, 1.165) is 6.42 Å². The van der Waals surface area contributed by atoms with Crippen LogP contribution in [-0.4, -0.2) is 16.9 Å². The van der Waals surface area contributed by atoms with Crippen molar-refractivity contribution >= 4 is 3.21 Å². The van der Waals surface area contributed by atoms with Crippen molar-refractivity contribution in [3.8, 4) is 11.1 Å². The Morgan fingerprint density at radius 3 is 1.70 bits per heavy atom. The summed E-state index contributed by atoms with van der Waals surface area (Å²) in [6.07, 6.45) is 5.91. The van der Waals surface area contributed by atoms with E-state index in [4.69, 9.17) is 4.74 Å². The average molecular weight is 603 g/mol. The minimum Gasteiger partial charge on any atom is -1.00 e. The van der Waals surface area contributed by atoms with Gasteiger partial charge in [0, 0.05) is 0 Å². The van der Waals surface area contributed by atoms with E-state index in [0.29, 0.717) is 10.2 Å². The number of methoxy groups -OCH3 is 1. The van der Waals surface area contributed by atoms with Crippen molar-refractivity contribution in [3.05, 3.63) is 152 Å². The summed E-state index contributed by atoms with van der Waals surface area (Å²) in [5.74, 6) is 0. The summed E-state index contributed by atoms with van der Waals surface area (Å²) in [5.41, 5.74) is 9.90. The number of halogens is 2. The molecule has 0 heterocycles. The first-order valence-corrected chi connectivity index (χ1v) is 16.1. The SMILES string of the molecule is COCC1=CC[C]([Zr+2](=[C](c2ccccc2)c2ccccc2)[CH]2c3ccccc3-c3ccccc32)=C1.[Cl-].[Cl-].